The monoisotopic (exact) mass is 478 g/mol. The van der Waals surface area contributed by atoms with Crippen molar-refractivity contribution in [2.45, 2.75) is 30.8 Å². The van der Waals surface area contributed by atoms with E-state index in [0.29, 0.717) is 34.8 Å². The third kappa shape index (κ3) is 4.05. The van der Waals surface area contributed by atoms with E-state index in [-0.39, 0.29) is 29.1 Å². The summed E-state index contributed by atoms with van der Waals surface area (Å²) in [6.07, 6.45) is 0. The van der Waals surface area contributed by atoms with Crippen molar-refractivity contribution in [2.75, 3.05) is 19.6 Å². The Bertz CT molecular complexity index is 1330. The molecule has 170 valence electrons. The number of fused-ring (bicyclic) bond motifs is 1. The minimum atomic E-state index is -3.74. The number of benzene rings is 2. The van der Waals surface area contributed by atoms with Gasteiger partial charge < -0.3 is 0 Å². The molecule has 2 atom stereocenters. The molecular weight excluding hydrogens is 455 g/mol. The minimum Gasteiger partial charge on any atom is -0.298 e. The molecule has 2 heterocycles. The Labute approximate surface area is 191 Å². The van der Waals surface area contributed by atoms with Crippen molar-refractivity contribution < 1.29 is 12.8 Å². The zero-order chi connectivity index (χ0) is 23.2. The van der Waals surface area contributed by atoms with E-state index in [1.54, 1.807) is 25.2 Å². The van der Waals surface area contributed by atoms with E-state index >= 15 is 0 Å². The Morgan fingerprint density at radius 3 is 2.50 bits per heavy atom. The second-order valence-electron chi connectivity index (χ2n) is 8.09. The van der Waals surface area contributed by atoms with Gasteiger partial charge in [-0.25, -0.2) is 17.8 Å². The van der Waals surface area contributed by atoms with E-state index in [2.05, 4.69) is 9.88 Å². The number of rotatable bonds is 4. The van der Waals surface area contributed by atoms with Gasteiger partial charge in [0, 0.05) is 37.7 Å². The molecule has 0 spiro atoms. The zero-order valence-corrected chi connectivity index (χ0v) is 19.6. The smallest absolute Gasteiger partial charge is 0.261 e. The fraction of sp³-hybridized carbons (Fsp3) is 0.364. The maximum atomic E-state index is 13.2. The summed E-state index contributed by atoms with van der Waals surface area (Å²) in [5.74, 6) is 0.109. The molecular formula is C22H24ClFN4O3S. The highest BCUT2D eigenvalue weighted by atomic mass is 35.5. The Morgan fingerprint density at radius 2 is 1.84 bits per heavy atom. The van der Waals surface area contributed by atoms with Gasteiger partial charge in [0.2, 0.25) is 10.0 Å². The van der Waals surface area contributed by atoms with Crippen molar-refractivity contribution in [1.82, 2.24) is 18.8 Å². The van der Waals surface area contributed by atoms with Crippen molar-refractivity contribution >= 4 is 32.5 Å². The van der Waals surface area contributed by atoms with Gasteiger partial charge >= 0.3 is 0 Å². The molecule has 10 heteroatoms. The van der Waals surface area contributed by atoms with E-state index in [1.807, 2.05) is 13.8 Å². The first-order valence-corrected chi connectivity index (χ1v) is 12.1. The lowest BCUT2D eigenvalue weighted by atomic mass is 10.1. The highest BCUT2D eigenvalue weighted by Crippen LogP contribution is 2.27. The maximum Gasteiger partial charge on any atom is 0.261 e. The normalized spacial score (nSPS) is 19.3. The van der Waals surface area contributed by atoms with Crippen LogP contribution in [0.5, 0.6) is 0 Å². The van der Waals surface area contributed by atoms with Gasteiger partial charge in [0.15, 0.2) is 0 Å². The molecule has 7 nitrogen and oxygen atoms in total. The van der Waals surface area contributed by atoms with E-state index in [9.17, 15) is 17.6 Å². The molecule has 0 saturated carbocycles. The van der Waals surface area contributed by atoms with Crippen molar-refractivity contribution in [1.29, 1.82) is 0 Å². The van der Waals surface area contributed by atoms with Crippen LogP contribution in [0.2, 0.25) is 5.02 Å². The minimum absolute atomic E-state index is 0.0720. The standard InChI is InChI=1S/C22H24ClFN4O3S/c1-14-13-27(10-11-28(14)32(30,31)18-7-5-17(24)6-8-18)15(2)21-25-20-12-16(23)4-9-19(20)22(29)26(21)3/h4-9,12,14-15H,10-11,13H2,1-3H3. The van der Waals surface area contributed by atoms with Crippen LogP contribution in [0.3, 0.4) is 0 Å². The summed E-state index contributed by atoms with van der Waals surface area (Å²) in [4.78, 5) is 19.7. The summed E-state index contributed by atoms with van der Waals surface area (Å²) in [6.45, 7) is 5.00. The van der Waals surface area contributed by atoms with Crippen molar-refractivity contribution in [2.24, 2.45) is 7.05 Å². The predicted octanol–water partition coefficient (Wildman–Crippen LogP) is 3.18. The molecule has 0 aliphatic carbocycles. The average Bonchev–Trinajstić information content (AvgIpc) is 2.75. The molecule has 1 aromatic heterocycles. The van der Waals surface area contributed by atoms with Gasteiger partial charge in [0.25, 0.3) is 5.56 Å². The predicted molar refractivity (Wildman–Crippen MR) is 122 cm³/mol. The van der Waals surface area contributed by atoms with Crippen LogP contribution in [0.4, 0.5) is 4.39 Å². The van der Waals surface area contributed by atoms with Gasteiger partial charge in [0.05, 0.1) is 21.8 Å². The van der Waals surface area contributed by atoms with Crippen LogP contribution in [0.25, 0.3) is 10.9 Å². The fourth-order valence-corrected chi connectivity index (χ4v) is 6.00. The first-order valence-electron chi connectivity index (χ1n) is 10.3. The van der Waals surface area contributed by atoms with Gasteiger partial charge in [-0.05, 0) is 56.3 Å². The Kier molecular flexibility index (Phi) is 6.10. The highest BCUT2D eigenvalue weighted by Gasteiger charge is 2.36. The second-order valence-corrected chi connectivity index (χ2v) is 10.4. The van der Waals surface area contributed by atoms with Gasteiger partial charge in [-0.3, -0.25) is 14.3 Å². The van der Waals surface area contributed by atoms with Crippen molar-refractivity contribution in [3.63, 3.8) is 0 Å². The van der Waals surface area contributed by atoms with Gasteiger partial charge in [-0.15, -0.1) is 0 Å². The number of aromatic nitrogens is 2. The number of nitrogens with zero attached hydrogens (tertiary/aromatic N) is 4. The topological polar surface area (TPSA) is 75.5 Å². The first-order chi connectivity index (χ1) is 15.1. The quantitative estimate of drug-likeness (QED) is 0.575. The first kappa shape index (κ1) is 22.8. The molecule has 0 amide bonds. The molecule has 1 fully saturated rings. The summed E-state index contributed by atoms with van der Waals surface area (Å²) >= 11 is 6.09. The van der Waals surface area contributed by atoms with Crippen LogP contribution in [0.15, 0.2) is 52.2 Å². The summed E-state index contributed by atoms with van der Waals surface area (Å²) < 4.78 is 42.3. The number of halogens is 2. The van der Waals surface area contributed by atoms with E-state index in [4.69, 9.17) is 11.6 Å². The molecule has 2 aromatic carbocycles. The third-order valence-electron chi connectivity index (χ3n) is 6.01. The SMILES string of the molecule is CC(c1nc2cc(Cl)ccc2c(=O)n1C)N1CCN(S(=O)(=O)c2ccc(F)cc2)C(C)C1. The Balaban J connectivity index is 1.59. The fourth-order valence-electron chi connectivity index (χ4n) is 4.22. The number of sulfonamides is 1. The molecule has 0 N–H and O–H groups in total. The molecule has 1 aliphatic heterocycles. The van der Waals surface area contributed by atoms with E-state index in [0.717, 1.165) is 12.1 Å². The second kappa shape index (κ2) is 8.55. The summed E-state index contributed by atoms with van der Waals surface area (Å²) in [5.41, 5.74) is 0.382. The molecule has 1 saturated heterocycles. The lowest BCUT2D eigenvalue weighted by molar-refractivity contribution is 0.104. The average molecular weight is 479 g/mol. The summed E-state index contributed by atoms with van der Waals surface area (Å²) in [7, 11) is -2.05. The molecule has 3 aromatic rings. The number of hydrogen-bond donors (Lipinski definition) is 0. The van der Waals surface area contributed by atoms with Crippen LogP contribution in [-0.4, -0.2) is 52.9 Å². The summed E-state index contributed by atoms with van der Waals surface area (Å²) in [6, 6.07) is 9.34. The Hall–Kier alpha value is -2.33. The molecule has 2 unspecified atom stereocenters. The lowest BCUT2D eigenvalue weighted by Crippen LogP contribution is -2.54. The third-order valence-corrected chi connectivity index (χ3v) is 8.28. The molecule has 32 heavy (non-hydrogen) atoms. The van der Waals surface area contributed by atoms with Crippen LogP contribution < -0.4 is 5.56 Å². The molecule has 4 rings (SSSR count). The van der Waals surface area contributed by atoms with Crippen molar-refractivity contribution in [3.8, 4) is 0 Å². The van der Waals surface area contributed by atoms with Gasteiger partial charge in [-0.2, -0.15) is 4.31 Å². The van der Waals surface area contributed by atoms with Crippen LogP contribution >= 0.6 is 11.6 Å². The largest absolute Gasteiger partial charge is 0.298 e. The number of piperazine rings is 1. The number of hydrogen-bond acceptors (Lipinski definition) is 5. The van der Waals surface area contributed by atoms with Crippen molar-refractivity contribution in [3.05, 3.63) is 69.5 Å². The van der Waals surface area contributed by atoms with E-state index < -0.39 is 15.8 Å². The van der Waals surface area contributed by atoms with Crippen LogP contribution in [0, 0.1) is 5.82 Å². The van der Waals surface area contributed by atoms with Crippen LogP contribution in [-0.2, 0) is 17.1 Å². The zero-order valence-electron chi connectivity index (χ0n) is 18.0. The Morgan fingerprint density at radius 1 is 1.16 bits per heavy atom. The van der Waals surface area contributed by atoms with Gasteiger partial charge in [-0.1, -0.05) is 11.6 Å². The van der Waals surface area contributed by atoms with Gasteiger partial charge in [0.1, 0.15) is 11.6 Å². The highest BCUT2D eigenvalue weighted by molar-refractivity contribution is 7.89. The molecule has 0 bridgehead atoms. The molecule has 0 radical (unpaired) electrons. The molecule has 1 aliphatic rings. The summed E-state index contributed by atoms with van der Waals surface area (Å²) in [5, 5.41) is 1.00. The van der Waals surface area contributed by atoms with Crippen LogP contribution in [0.1, 0.15) is 25.7 Å². The maximum absolute atomic E-state index is 13.2. The lowest BCUT2D eigenvalue weighted by Gasteiger charge is -2.41. The van der Waals surface area contributed by atoms with E-state index in [1.165, 1.54) is 21.0 Å².